The fraction of sp³-hybridized carbons (Fsp3) is 0.231. The van der Waals surface area contributed by atoms with Crippen molar-refractivity contribution in [2.45, 2.75) is 19.8 Å². The molecule has 1 aromatic heterocycles. The van der Waals surface area contributed by atoms with E-state index in [9.17, 15) is 13.6 Å². The Morgan fingerprint density at radius 2 is 1.79 bits per heavy atom. The van der Waals surface area contributed by atoms with Crippen LogP contribution in [0.2, 0.25) is 0 Å². The zero-order valence-electron chi connectivity index (χ0n) is 10.3. The highest BCUT2D eigenvalue weighted by molar-refractivity contribution is 14.1. The molecule has 1 aromatic carbocycles. The lowest BCUT2D eigenvalue weighted by Crippen LogP contribution is -2.17. The van der Waals surface area contributed by atoms with Crippen LogP contribution in [0.25, 0.3) is 11.4 Å². The molecule has 3 nitrogen and oxygen atoms in total. The van der Waals surface area contributed by atoms with Crippen LogP contribution in [-0.4, -0.2) is 9.97 Å². The highest BCUT2D eigenvalue weighted by Crippen LogP contribution is 2.21. The first-order chi connectivity index (χ1) is 8.88. The van der Waals surface area contributed by atoms with Crippen molar-refractivity contribution in [1.82, 2.24) is 9.97 Å². The highest BCUT2D eigenvalue weighted by atomic mass is 127. The summed E-state index contributed by atoms with van der Waals surface area (Å²) in [5.41, 5.74) is 0.524. The molecule has 2 rings (SSSR count). The molecule has 19 heavy (non-hydrogen) atoms. The van der Waals surface area contributed by atoms with Crippen molar-refractivity contribution in [2.24, 2.45) is 0 Å². The molecule has 0 bridgehead atoms. The van der Waals surface area contributed by atoms with Gasteiger partial charge in [-0.05, 0) is 40.6 Å². The summed E-state index contributed by atoms with van der Waals surface area (Å²) in [7, 11) is 0. The van der Waals surface area contributed by atoms with E-state index < -0.39 is 11.6 Å². The lowest BCUT2D eigenvalue weighted by molar-refractivity contribution is 0.584. The van der Waals surface area contributed by atoms with Crippen LogP contribution in [0.5, 0.6) is 0 Å². The average Bonchev–Trinajstić information content (AvgIpc) is 2.30. The van der Waals surface area contributed by atoms with Crippen LogP contribution in [-0.2, 0) is 0 Å². The Kier molecular flexibility index (Phi) is 3.98. The summed E-state index contributed by atoms with van der Waals surface area (Å²) in [6.07, 6.45) is 0. The van der Waals surface area contributed by atoms with Gasteiger partial charge in [0.25, 0.3) is 5.56 Å². The third-order valence-corrected chi connectivity index (χ3v) is 3.61. The molecule has 0 radical (unpaired) electrons. The van der Waals surface area contributed by atoms with Gasteiger partial charge in [-0.25, -0.2) is 13.8 Å². The van der Waals surface area contributed by atoms with Crippen molar-refractivity contribution < 1.29 is 8.78 Å². The van der Waals surface area contributed by atoms with Gasteiger partial charge < -0.3 is 4.98 Å². The smallest absolute Gasteiger partial charge is 0.264 e. The van der Waals surface area contributed by atoms with Crippen LogP contribution in [0, 0.1) is 15.2 Å². The van der Waals surface area contributed by atoms with Gasteiger partial charge in [0, 0.05) is 11.6 Å². The number of benzene rings is 1. The van der Waals surface area contributed by atoms with E-state index in [4.69, 9.17) is 0 Å². The molecule has 6 heteroatoms. The maximum absolute atomic E-state index is 13.2. The van der Waals surface area contributed by atoms with Crippen LogP contribution < -0.4 is 5.56 Å². The molecule has 0 spiro atoms. The quantitative estimate of drug-likeness (QED) is 0.817. The lowest BCUT2D eigenvalue weighted by atomic mass is 10.1. The normalized spacial score (nSPS) is 11.1. The number of nitrogens with zero attached hydrogens (tertiary/aromatic N) is 1. The topological polar surface area (TPSA) is 45.8 Å². The molecule has 0 aliphatic heterocycles. The lowest BCUT2D eigenvalue weighted by Gasteiger charge is -2.09. The first kappa shape index (κ1) is 14.1. The van der Waals surface area contributed by atoms with Gasteiger partial charge in [0.15, 0.2) is 0 Å². The molecule has 0 aliphatic carbocycles. The molecular weight excluding hydrogens is 365 g/mol. The summed E-state index contributed by atoms with van der Waals surface area (Å²) in [4.78, 5) is 18.6. The van der Waals surface area contributed by atoms with E-state index in [1.807, 2.05) is 36.4 Å². The number of nitrogens with one attached hydrogen (secondary N) is 1. The summed E-state index contributed by atoms with van der Waals surface area (Å²) < 4.78 is 26.9. The van der Waals surface area contributed by atoms with E-state index in [0.29, 0.717) is 9.26 Å². The SMILES string of the molecule is CC(C)c1nc(-c2cc(F)cc(F)c2)[nH]c(=O)c1I. The third kappa shape index (κ3) is 2.99. The van der Waals surface area contributed by atoms with E-state index >= 15 is 0 Å². The van der Waals surface area contributed by atoms with Gasteiger partial charge in [-0.1, -0.05) is 13.8 Å². The van der Waals surface area contributed by atoms with Gasteiger partial charge in [0.1, 0.15) is 17.5 Å². The van der Waals surface area contributed by atoms with Crippen LogP contribution in [0.3, 0.4) is 0 Å². The maximum atomic E-state index is 13.2. The van der Waals surface area contributed by atoms with E-state index in [0.717, 1.165) is 18.2 Å². The number of aromatic amines is 1. The van der Waals surface area contributed by atoms with E-state index in [1.165, 1.54) is 0 Å². The van der Waals surface area contributed by atoms with Crippen molar-refractivity contribution in [3.05, 3.63) is 49.5 Å². The second kappa shape index (κ2) is 5.36. The van der Waals surface area contributed by atoms with Gasteiger partial charge in [0.2, 0.25) is 0 Å². The Morgan fingerprint density at radius 1 is 1.21 bits per heavy atom. The number of hydrogen-bond donors (Lipinski definition) is 1. The molecule has 0 atom stereocenters. The van der Waals surface area contributed by atoms with E-state index in [-0.39, 0.29) is 22.9 Å². The Morgan fingerprint density at radius 3 is 2.32 bits per heavy atom. The first-order valence-electron chi connectivity index (χ1n) is 5.64. The predicted molar refractivity (Wildman–Crippen MR) is 77.0 cm³/mol. The first-order valence-corrected chi connectivity index (χ1v) is 6.72. The minimum absolute atomic E-state index is 0.0476. The fourth-order valence-electron chi connectivity index (χ4n) is 1.69. The molecule has 0 amide bonds. The van der Waals surface area contributed by atoms with Crippen molar-refractivity contribution in [1.29, 1.82) is 0 Å². The summed E-state index contributed by atoms with van der Waals surface area (Å²) in [5.74, 6) is -1.19. The summed E-state index contributed by atoms with van der Waals surface area (Å²) >= 11 is 1.92. The third-order valence-electron chi connectivity index (χ3n) is 2.57. The van der Waals surface area contributed by atoms with Crippen LogP contribution >= 0.6 is 22.6 Å². The molecule has 1 N–H and O–H groups in total. The Bertz CT molecular complexity index is 663. The molecule has 100 valence electrons. The Hall–Kier alpha value is -1.31. The minimum Gasteiger partial charge on any atom is -0.306 e. The van der Waals surface area contributed by atoms with E-state index in [1.54, 1.807) is 0 Å². The molecule has 0 fully saturated rings. The number of hydrogen-bond acceptors (Lipinski definition) is 2. The van der Waals surface area contributed by atoms with Gasteiger partial charge in [-0.15, -0.1) is 0 Å². The Labute approximate surface area is 122 Å². The monoisotopic (exact) mass is 376 g/mol. The molecule has 0 unspecified atom stereocenters. The predicted octanol–water partition coefficient (Wildman–Crippen LogP) is 3.44. The van der Waals surface area contributed by atoms with Crippen LogP contribution in [0.1, 0.15) is 25.5 Å². The molecule has 2 aromatic rings. The number of aromatic nitrogens is 2. The minimum atomic E-state index is -0.706. The van der Waals surface area contributed by atoms with Crippen molar-refractivity contribution >= 4 is 22.6 Å². The van der Waals surface area contributed by atoms with Crippen molar-refractivity contribution in [2.75, 3.05) is 0 Å². The summed E-state index contributed by atoms with van der Waals surface area (Å²) in [6.45, 7) is 3.81. The standard InChI is InChI=1S/C13H11F2IN2O/c1-6(2)11-10(16)13(19)18-12(17-11)7-3-8(14)5-9(15)4-7/h3-6H,1-2H3,(H,17,18,19). The van der Waals surface area contributed by atoms with Crippen molar-refractivity contribution in [3.8, 4) is 11.4 Å². The van der Waals surface area contributed by atoms with Gasteiger partial charge in [-0.2, -0.15) is 0 Å². The van der Waals surface area contributed by atoms with Gasteiger partial charge in [-0.3, -0.25) is 4.79 Å². The zero-order valence-corrected chi connectivity index (χ0v) is 12.5. The highest BCUT2D eigenvalue weighted by Gasteiger charge is 2.14. The number of rotatable bonds is 2. The molecule has 0 saturated carbocycles. The molecule has 0 saturated heterocycles. The van der Waals surface area contributed by atoms with Crippen molar-refractivity contribution in [3.63, 3.8) is 0 Å². The largest absolute Gasteiger partial charge is 0.306 e. The molecule has 0 aliphatic rings. The molecular formula is C13H11F2IN2O. The second-order valence-electron chi connectivity index (χ2n) is 4.43. The average molecular weight is 376 g/mol. The van der Waals surface area contributed by atoms with E-state index in [2.05, 4.69) is 9.97 Å². The maximum Gasteiger partial charge on any atom is 0.264 e. The van der Waals surface area contributed by atoms with Gasteiger partial charge in [0.05, 0.1) is 9.26 Å². The zero-order chi connectivity index (χ0) is 14.2. The second-order valence-corrected chi connectivity index (χ2v) is 5.51. The number of halogens is 3. The van der Waals surface area contributed by atoms with Crippen LogP contribution in [0.15, 0.2) is 23.0 Å². The Balaban J connectivity index is 2.66. The van der Waals surface area contributed by atoms with Gasteiger partial charge >= 0.3 is 0 Å². The summed E-state index contributed by atoms with van der Waals surface area (Å²) in [6, 6.07) is 3.05. The van der Waals surface area contributed by atoms with Crippen LogP contribution in [0.4, 0.5) is 8.78 Å². The number of H-pyrrole nitrogens is 1. The summed E-state index contributed by atoms with van der Waals surface area (Å²) in [5, 5.41) is 0. The molecule has 1 heterocycles. The fourth-order valence-corrected chi connectivity index (χ4v) is 2.56.